The first kappa shape index (κ1) is 9.36. The van der Waals surface area contributed by atoms with Crippen molar-refractivity contribution in [3.8, 4) is 0 Å². The van der Waals surface area contributed by atoms with Crippen LogP contribution in [0.2, 0.25) is 0 Å². The third kappa shape index (κ3) is 2.13. The average Bonchev–Trinajstić information content (AvgIpc) is 2.33. The molecule has 0 aliphatic carbocycles. The van der Waals surface area contributed by atoms with Crippen molar-refractivity contribution in [1.29, 1.82) is 0 Å². The zero-order valence-corrected chi connectivity index (χ0v) is 7.92. The van der Waals surface area contributed by atoms with Gasteiger partial charge in [0.25, 0.3) is 6.02 Å². The molecule has 0 saturated carbocycles. The highest BCUT2D eigenvalue weighted by atomic mass is 16.5. The van der Waals surface area contributed by atoms with E-state index in [1.54, 1.807) is 0 Å². The Balaban J connectivity index is 2.43. The van der Waals surface area contributed by atoms with Crippen LogP contribution in [0.5, 0.6) is 0 Å². The molecule has 12 heavy (non-hydrogen) atoms. The first-order valence-electron chi connectivity index (χ1n) is 4.77. The van der Waals surface area contributed by atoms with Crippen molar-refractivity contribution in [2.24, 2.45) is 10.7 Å². The molecule has 0 fully saturated rings. The Hall–Kier alpha value is -0.730. The maximum absolute atomic E-state index is 5.50. The van der Waals surface area contributed by atoms with Crippen molar-refractivity contribution < 1.29 is 4.74 Å². The first-order chi connectivity index (χ1) is 5.77. The molecule has 70 valence electrons. The molecule has 0 bridgehead atoms. The summed E-state index contributed by atoms with van der Waals surface area (Å²) in [6, 6.07) is 0.696. The lowest BCUT2D eigenvalue weighted by molar-refractivity contribution is 0.173. The second-order valence-electron chi connectivity index (χ2n) is 3.27. The minimum atomic E-state index is 0.245. The standard InChI is InChI=1S/C9H18N2O/c1-3-5-7-8(6-4-2)12-9(10)11-7/h7-8H,3-6H2,1-2H3,(H2,10,11)/t7-,8-/m0/s1. The number of nitrogens with zero attached hydrogens (tertiary/aromatic N) is 1. The fourth-order valence-corrected chi connectivity index (χ4v) is 1.59. The van der Waals surface area contributed by atoms with Gasteiger partial charge in [-0.3, -0.25) is 0 Å². The molecule has 2 atom stereocenters. The maximum atomic E-state index is 5.50. The van der Waals surface area contributed by atoms with Gasteiger partial charge < -0.3 is 10.5 Å². The van der Waals surface area contributed by atoms with Crippen molar-refractivity contribution in [2.45, 2.75) is 51.7 Å². The van der Waals surface area contributed by atoms with Crippen LogP contribution in [-0.2, 0) is 4.74 Å². The van der Waals surface area contributed by atoms with Gasteiger partial charge in [0, 0.05) is 0 Å². The van der Waals surface area contributed by atoms with Gasteiger partial charge in [-0.25, -0.2) is 4.99 Å². The molecule has 0 aromatic rings. The molecule has 3 heteroatoms. The predicted molar refractivity (Wildman–Crippen MR) is 50.1 cm³/mol. The Labute approximate surface area is 74.0 Å². The summed E-state index contributed by atoms with van der Waals surface area (Å²) in [5.74, 6) is 0. The van der Waals surface area contributed by atoms with E-state index in [1.165, 1.54) is 0 Å². The average molecular weight is 170 g/mol. The number of nitrogens with two attached hydrogens (primary N) is 1. The van der Waals surface area contributed by atoms with E-state index in [4.69, 9.17) is 10.5 Å². The van der Waals surface area contributed by atoms with Crippen LogP contribution in [0.4, 0.5) is 0 Å². The lowest BCUT2D eigenvalue weighted by Gasteiger charge is -2.15. The fraction of sp³-hybridized carbons (Fsp3) is 0.889. The van der Waals surface area contributed by atoms with E-state index in [0.29, 0.717) is 12.1 Å². The summed E-state index contributed by atoms with van der Waals surface area (Å²) in [7, 11) is 0. The molecule has 0 aromatic heterocycles. The quantitative estimate of drug-likeness (QED) is 0.697. The van der Waals surface area contributed by atoms with E-state index in [-0.39, 0.29) is 6.10 Å². The number of hydrogen-bond donors (Lipinski definition) is 1. The van der Waals surface area contributed by atoms with Crippen molar-refractivity contribution in [3.63, 3.8) is 0 Å². The number of ether oxygens (including phenoxy) is 1. The van der Waals surface area contributed by atoms with Crippen LogP contribution in [0, 0.1) is 0 Å². The molecular weight excluding hydrogens is 152 g/mol. The Kier molecular flexibility index (Phi) is 3.38. The van der Waals surface area contributed by atoms with Gasteiger partial charge >= 0.3 is 0 Å². The van der Waals surface area contributed by atoms with Crippen LogP contribution in [-0.4, -0.2) is 18.2 Å². The summed E-state index contributed by atoms with van der Waals surface area (Å²) < 4.78 is 5.39. The van der Waals surface area contributed by atoms with Crippen LogP contribution < -0.4 is 5.73 Å². The van der Waals surface area contributed by atoms with Gasteiger partial charge in [0.1, 0.15) is 6.10 Å². The molecule has 1 heterocycles. The molecular formula is C9H18N2O. The van der Waals surface area contributed by atoms with Gasteiger partial charge in [-0.1, -0.05) is 26.7 Å². The summed E-state index contributed by atoms with van der Waals surface area (Å²) in [5, 5.41) is 0. The highest BCUT2D eigenvalue weighted by Gasteiger charge is 2.27. The Morgan fingerprint density at radius 1 is 1.33 bits per heavy atom. The number of rotatable bonds is 4. The van der Waals surface area contributed by atoms with Gasteiger partial charge in [-0.2, -0.15) is 0 Å². The van der Waals surface area contributed by atoms with Crippen LogP contribution in [0.3, 0.4) is 0 Å². The Morgan fingerprint density at radius 3 is 2.58 bits per heavy atom. The molecule has 0 unspecified atom stereocenters. The summed E-state index contributed by atoms with van der Waals surface area (Å²) in [6.07, 6.45) is 4.67. The number of aliphatic imine (C=N–C) groups is 1. The van der Waals surface area contributed by atoms with Gasteiger partial charge in [0.05, 0.1) is 6.04 Å². The number of hydrogen-bond acceptors (Lipinski definition) is 3. The monoisotopic (exact) mass is 170 g/mol. The minimum absolute atomic E-state index is 0.245. The molecule has 2 N–H and O–H groups in total. The minimum Gasteiger partial charge on any atom is -0.460 e. The fourth-order valence-electron chi connectivity index (χ4n) is 1.59. The lowest BCUT2D eigenvalue weighted by atomic mass is 10.0. The number of amidine groups is 1. The Morgan fingerprint density at radius 2 is 2.00 bits per heavy atom. The molecule has 0 aromatic carbocycles. The van der Waals surface area contributed by atoms with E-state index in [1.807, 2.05) is 0 Å². The van der Waals surface area contributed by atoms with Crippen LogP contribution in [0.1, 0.15) is 39.5 Å². The van der Waals surface area contributed by atoms with E-state index < -0.39 is 0 Å². The summed E-state index contributed by atoms with van der Waals surface area (Å²) in [5.41, 5.74) is 5.50. The van der Waals surface area contributed by atoms with Gasteiger partial charge in [-0.05, 0) is 12.8 Å². The molecule has 1 rings (SSSR count). The van der Waals surface area contributed by atoms with Crippen molar-refractivity contribution in [3.05, 3.63) is 0 Å². The largest absolute Gasteiger partial charge is 0.460 e. The van der Waals surface area contributed by atoms with E-state index >= 15 is 0 Å². The maximum Gasteiger partial charge on any atom is 0.282 e. The summed E-state index contributed by atoms with van der Waals surface area (Å²) in [6.45, 7) is 4.31. The SMILES string of the molecule is CCC[C@@H]1N=C(N)O[C@H]1CCC. The third-order valence-corrected chi connectivity index (χ3v) is 2.15. The van der Waals surface area contributed by atoms with Crippen LogP contribution in [0.15, 0.2) is 4.99 Å². The van der Waals surface area contributed by atoms with Crippen molar-refractivity contribution in [1.82, 2.24) is 0 Å². The first-order valence-corrected chi connectivity index (χ1v) is 4.77. The summed E-state index contributed by atoms with van der Waals surface area (Å²) in [4.78, 5) is 4.25. The zero-order chi connectivity index (χ0) is 8.97. The zero-order valence-electron chi connectivity index (χ0n) is 7.92. The van der Waals surface area contributed by atoms with E-state index in [2.05, 4.69) is 18.8 Å². The third-order valence-electron chi connectivity index (χ3n) is 2.15. The molecule has 0 amide bonds. The van der Waals surface area contributed by atoms with Gasteiger partial charge in [-0.15, -0.1) is 0 Å². The molecule has 1 aliphatic heterocycles. The molecule has 0 radical (unpaired) electrons. The van der Waals surface area contributed by atoms with Crippen molar-refractivity contribution in [2.75, 3.05) is 0 Å². The molecule has 0 spiro atoms. The predicted octanol–water partition coefficient (Wildman–Crippen LogP) is 1.67. The van der Waals surface area contributed by atoms with Crippen LogP contribution in [0.25, 0.3) is 0 Å². The van der Waals surface area contributed by atoms with E-state index in [9.17, 15) is 0 Å². The second-order valence-corrected chi connectivity index (χ2v) is 3.27. The van der Waals surface area contributed by atoms with Gasteiger partial charge in [0.15, 0.2) is 0 Å². The smallest absolute Gasteiger partial charge is 0.282 e. The normalized spacial score (nSPS) is 28.3. The lowest BCUT2D eigenvalue weighted by Crippen LogP contribution is -2.23. The van der Waals surface area contributed by atoms with Crippen molar-refractivity contribution >= 4 is 6.02 Å². The topological polar surface area (TPSA) is 47.6 Å². The van der Waals surface area contributed by atoms with E-state index in [0.717, 1.165) is 25.7 Å². The highest BCUT2D eigenvalue weighted by molar-refractivity contribution is 5.73. The molecule has 3 nitrogen and oxygen atoms in total. The summed E-state index contributed by atoms with van der Waals surface area (Å²) >= 11 is 0. The van der Waals surface area contributed by atoms with Crippen LogP contribution >= 0.6 is 0 Å². The highest BCUT2D eigenvalue weighted by Crippen LogP contribution is 2.20. The Bertz CT molecular complexity index is 168. The van der Waals surface area contributed by atoms with Gasteiger partial charge in [0.2, 0.25) is 0 Å². The molecule has 1 aliphatic rings. The second kappa shape index (κ2) is 4.33. The molecule has 0 saturated heterocycles.